The standard InChI is InChI=1S/C13H21N3/c1-2-7-16-13(11-5-3-4-6-11)12-10-14-8-9-15-12/h8-11,13,16H,2-7H2,1H3. The van der Waals surface area contributed by atoms with E-state index in [1.807, 2.05) is 6.20 Å². The minimum Gasteiger partial charge on any atom is -0.308 e. The van der Waals surface area contributed by atoms with E-state index in [1.165, 1.54) is 32.1 Å². The molecule has 0 bridgehead atoms. The van der Waals surface area contributed by atoms with Gasteiger partial charge in [-0.1, -0.05) is 19.8 Å². The summed E-state index contributed by atoms with van der Waals surface area (Å²) in [5.74, 6) is 0.753. The fourth-order valence-electron chi connectivity index (χ4n) is 2.57. The molecule has 0 amide bonds. The number of nitrogens with zero attached hydrogens (tertiary/aromatic N) is 2. The van der Waals surface area contributed by atoms with Gasteiger partial charge in [-0.3, -0.25) is 9.97 Å². The van der Waals surface area contributed by atoms with Gasteiger partial charge in [-0.2, -0.15) is 0 Å². The summed E-state index contributed by atoms with van der Waals surface area (Å²) in [6.45, 7) is 3.27. The molecule has 0 spiro atoms. The molecular weight excluding hydrogens is 198 g/mol. The molecule has 1 aromatic heterocycles. The van der Waals surface area contributed by atoms with E-state index >= 15 is 0 Å². The van der Waals surface area contributed by atoms with Gasteiger partial charge in [0.1, 0.15) is 0 Å². The third-order valence-corrected chi connectivity index (χ3v) is 3.39. The maximum absolute atomic E-state index is 4.45. The van der Waals surface area contributed by atoms with E-state index in [-0.39, 0.29) is 0 Å². The highest BCUT2D eigenvalue weighted by Crippen LogP contribution is 2.34. The van der Waals surface area contributed by atoms with Crippen molar-refractivity contribution in [1.29, 1.82) is 0 Å². The van der Waals surface area contributed by atoms with Crippen LogP contribution in [0.2, 0.25) is 0 Å². The Labute approximate surface area is 97.7 Å². The molecule has 1 saturated carbocycles. The van der Waals surface area contributed by atoms with E-state index in [4.69, 9.17) is 0 Å². The molecule has 1 aliphatic carbocycles. The number of nitrogens with one attached hydrogen (secondary N) is 1. The zero-order valence-corrected chi connectivity index (χ0v) is 10.0. The Bertz CT molecular complexity index is 293. The van der Waals surface area contributed by atoms with E-state index in [0.717, 1.165) is 18.2 Å². The van der Waals surface area contributed by atoms with Crippen LogP contribution in [-0.4, -0.2) is 16.5 Å². The smallest absolute Gasteiger partial charge is 0.0758 e. The number of aromatic nitrogens is 2. The van der Waals surface area contributed by atoms with E-state index < -0.39 is 0 Å². The second-order valence-electron chi connectivity index (χ2n) is 4.61. The van der Waals surface area contributed by atoms with Crippen molar-refractivity contribution in [1.82, 2.24) is 15.3 Å². The van der Waals surface area contributed by atoms with Gasteiger partial charge in [0.15, 0.2) is 0 Å². The quantitative estimate of drug-likeness (QED) is 0.827. The third-order valence-electron chi connectivity index (χ3n) is 3.39. The summed E-state index contributed by atoms with van der Waals surface area (Å²) in [5, 5.41) is 3.63. The van der Waals surface area contributed by atoms with E-state index in [1.54, 1.807) is 12.4 Å². The molecule has 2 rings (SSSR count). The maximum Gasteiger partial charge on any atom is 0.0758 e. The predicted molar refractivity (Wildman–Crippen MR) is 65.0 cm³/mol. The summed E-state index contributed by atoms with van der Waals surface area (Å²) in [5.41, 5.74) is 1.11. The molecule has 0 aliphatic heterocycles. The van der Waals surface area contributed by atoms with Gasteiger partial charge in [0.05, 0.1) is 11.7 Å². The summed E-state index contributed by atoms with van der Waals surface area (Å²) in [7, 11) is 0. The Morgan fingerprint density at radius 3 is 2.81 bits per heavy atom. The minimum atomic E-state index is 0.413. The Hall–Kier alpha value is -0.960. The van der Waals surface area contributed by atoms with Crippen LogP contribution in [-0.2, 0) is 0 Å². The lowest BCUT2D eigenvalue weighted by Gasteiger charge is -2.23. The lowest BCUT2D eigenvalue weighted by molar-refractivity contribution is 0.360. The molecular formula is C13H21N3. The number of hydrogen-bond acceptors (Lipinski definition) is 3. The van der Waals surface area contributed by atoms with Crippen LogP contribution in [0.3, 0.4) is 0 Å². The molecule has 1 N–H and O–H groups in total. The second kappa shape index (κ2) is 5.94. The molecule has 1 atom stereocenters. The van der Waals surface area contributed by atoms with Gasteiger partial charge in [0, 0.05) is 18.6 Å². The Morgan fingerprint density at radius 2 is 2.19 bits per heavy atom. The molecule has 1 fully saturated rings. The molecule has 1 aromatic rings. The lowest BCUT2D eigenvalue weighted by atomic mass is 9.95. The molecule has 16 heavy (non-hydrogen) atoms. The minimum absolute atomic E-state index is 0.413. The fourth-order valence-corrected chi connectivity index (χ4v) is 2.57. The van der Waals surface area contributed by atoms with Gasteiger partial charge >= 0.3 is 0 Å². The summed E-state index contributed by atoms with van der Waals surface area (Å²) in [6, 6.07) is 0.413. The van der Waals surface area contributed by atoms with Crippen LogP contribution >= 0.6 is 0 Å². The van der Waals surface area contributed by atoms with Crippen molar-refractivity contribution in [2.75, 3.05) is 6.54 Å². The normalized spacial score (nSPS) is 18.8. The Morgan fingerprint density at radius 1 is 1.38 bits per heavy atom. The van der Waals surface area contributed by atoms with Gasteiger partial charge in [-0.25, -0.2) is 0 Å². The molecule has 0 radical (unpaired) electrons. The zero-order valence-electron chi connectivity index (χ0n) is 10.0. The topological polar surface area (TPSA) is 37.8 Å². The summed E-state index contributed by atoms with van der Waals surface area (Å²) >= 11 is 0. The monoisotopic (exact) mass is 219 g/mol. The highest BCUT2D eigenvalue weighted by Gasteiger charge is 2.26. The van der Waals surface area contributed by atoms with Crippen LogP contribution in [0.15, 0.2) is 18.6 Å². The van der Waals surface area contributed by atoms with Gasteiger partial charge in [0.2, 0.25) is 0 Å². The van der Waals surface area contributed by atoms with Gasteiger partial charge in [-0.15, -0.1) is 0 Å². The van der Waals surface area contributed by atoms with Crippen molar-refractivity contribution >= 4 is 0 Å². The molecule has 3 heteroatoms. The Kier molecular flexibility index (Phi) is 4.28. The first-order valence-corrected chi connectivity index (χ1v) is 6.41. The van der Waals surface area contributed by atoms with Crippen molar-refractivity contribution < 1.29 is 0 Å². The van der Waals surface area contributed by atoms with Crippen molar-refractivity contribution in [3.05, 3.63) is 24.3 Å². The largest absolute Gasteiger partial charge is 0.308 e. The second-order valence-corrected chi connectivity index (χ2v) is 4.61. The van der Waals surface area contributed by atoms with Crippen molar-refractivity contribution in [2.24, 2.45) is 5.92 Å². The maximum atomic E-state index is 4.45. The predicted octanol–water partition coefficient (Wildman–Crippen LogP) is 2.71. The van der Waals surface area contributed by atoms with Crippen molar-refractivity contribution in [2.45, 2.75) is 45.1 Å². The Balaban J connectivity index is 2.07. The lowest BCUT2D eigenvalue weighted by Crippen LogP contribution is -2.28. The van der Waals surface area contributed by atoms with Crippen LogP contribution in [0.5, 0.6) is 0 Å². The van der Waals surface area contributed by atoms with E-state index in [9.17, 15) is 0 Å². The molecule has 88 valence electrons. The van der Waals surface area contributed by atoms with E-state index in [0.29, 0.717) is 6.04 Å². The fraction of sp³-hybridized carbons (Fsp3) is 0.692. The van der Waals surface area contributed by atoms with Crippen molar-refractivity contribution in [3.8, 4) is 0 Å². The average Bonchev–Trinajstić information content (AvgIpc) is 2.85. The van der Waals surface area contributed by atoms with Gasteiger partial charge in [-0.05, 0) is 31.7 Å². The van der Waals surface area contributed by atoms with Gasteiger partial charge in [0.25, 0.3) is 0 Å². The number of hydrogen-bond donors (Lipinski definition) is 1. The van der Waals surface area contributed by atoms with Crippen LogP contribution in [0.25, 0.3) is 0 Å². The zero-order chi connectivity index (χ0) is 11.2. The first-order chi connectivity index (χ1) is 7.92. The summed E-state index contributed by atoms with van der Waals surface area (Å²) in [4.78, 5) is 8.63. The van der Waals surface area contributed by atoms with Crippen LogP contribution in [0.4, 0.5) is 0 Å². The first kappa shape index (κ1) is 11.5. The highest BCUT2D eigenvalue weighted by molar-refractivity contribution is 5.05. The van der Waals surface area contributed by atoms with Gasteiger partial charge < -0.3 is 5.32 Å². The van der Waals surface area contributed by atoms with Crippen LogP contribution in [0, 0.1) is 5.92 Å². The summed E-state index contributed by atoms with van der Waals surface area (Å²) < 4.78 is 0. The SMILES string of the molecule is CCCNC(c1cnccn1)C1CCCC1. The molecule has 1 aliphatic rings. The highest BCUT2D eigenvalue weighted by atomic mass is 15.0. The van der Waals surface area contributed by atoms with Crippen molar-refractivity contribution in [3.63, 3.8) is 0 Å². The molecule has 1 heterocycles. The van der Waals surface area contributed by atoms with E-state index in [2.05, 4.69) is 22.2 Å². The molecule has 3 nitrogen and oxygen atoms in total. The van der Waals surface area contributed by atoms with Crippen LogP contribution < -0.4 is 5.32 Å². The summed E-state index contributed by atoms with van der Waals surface area (Å²) in [6.07, 6.45) is 12.0. The molecule has 0 saturated heterocycles. The average molecular weight is 219 g/mol. The third kappa shape index (κ3) is 2.79. The number of rotatable bonds is 5. The molecule has 0 aromatic carbocycles. The molecule has 1 unspecified atom stereocenters. The van der Waals surface area contributed by atoms with Crippen LogP contribution in [0.1, 0.15) is 50.8 Å². The first-order valence-electron chi connectivity index (χ1n) is 6.41.